The number of rotatable bonds is 7. The first-order valence-electron chi connectivity index (χ1n) is 11.5. The smallest absolute Gasteiger partial charge is 0.273 e. The minimum Gasteiger partial charge on any atom is -0.495 e. The van der Waals surface area contributed by atoms with E-state index in [0.717, 1.165) is 16.3 Å². The summed E-state index contributed by atoms with van der Waals surface area (Å²) in [4.78, 5) is 23.7. The maximum Gasteiger partial charge on any atom is 0.273 e. The van der Waals surface area contributed by atoms with Crippen LogP contribution in [-0.2, 0) is 10.5 Å². The fourth-order valence-corrected chi connectivity index (χ4v) is 5.92. The second-order valence-electron chi connectivity index (χ2n) is 8.44. The molecular weight excluding hydrogens is 496 g/mol. The van der Waals surface area contributed by atoms with E-state index in [-0.39, 0.29) is 18.1 Å². The number of aromatic nitrogens is 5. The largest absolute Gasteiger partial charge is 0.495 e. The van der Waals surface area contributed by atoms with Gasteiger partial charge in [0.05, 0.1) is 30.8 Å². The van der Waals surface area contributed by atoms with Crippen LogP contribution in [0.4, 0.5) is 0 Å². The molecule has 4 heterocycles. The Kier molecular flexibility index (Phi) is 7.30. The lowest BCUT2D eigenvalue weighted by atomic mass is 10.2. The van der Waals surface area contributed by atoms with Crippen molar-refractivity contribution in [2.24, 2.45) is 0 Å². The van der Waals surface area contributed by atoms with E-state index < -0.39 is 0 Å². The summed E-state index contributed by atoms with van der Waals surface area (Å²) < 4.78 is 13.3. The number of carbonyl (C=O) groups excluding carboxylic acids is 1. The van der Waals surface area contributed by atoms with Crippen LogP contribution in [-0.4, -0.2) is 67.9 Å². The van der Waals surface area contributed by atoms with Crippen molar-refractivity contribution in [2.45, 2.75) is 37.0 Å². The van der Waals surface area contributed by atoms with Crippen molar-refractivity contribution in [1.82, 2.24) is 29.6 Å². The Morgan fingerprint density at radius 3 is 2.72 bits per heavy atom. The highest BCUT2D eigenvalue weighted by atomic mass is 32.2. The van der Waals surface area contributed by atoms with Gasteiger partial charge in [-0.1, -0.05) is 23.9 Å². The Bertz CT molecular complexity index is 1330. The molecule has 0 N–H and O–H groups in total. The molecule has 1 saturated heterocycles. The summed E-state index contributed by atoms with van der Waals surface area (Å²) in [6.45, 7) is 5.11. The Morgan fingerprint density at radius 1 is 1.17 bits per heavy atom. The SMILES string of the molecule is COc1ccccc1-n1c(SCc2nc(C(=O)N3CC(C)OC(C)C3)cs2)nnc1-c1cccnc1. The first kappa shape index (κ1) is 24.4. The Morgan fingerprint density at radius 2 is 1.97 bits per heavy atom. The van der Waals surface area contributed by atoms with Crippen LogP contribution in [0.15, 0.2) is 59.3 Å². The monoisotopic (exact) mass is 522 g/mol. The zero-order chi connectivity index (χ0) is 25.1. The molecule has 1 aromatic carbocycles. The quantitative estimate of drug-likeness (QED) is 0.331. The lowest BCUT2D eigenvalue weighted by Crippen LogP contribution is -2.48. The zero-order valence-corrected chi connectivity index (χ0v) is 21.8. The van der Waals surface area contributed by atoms with E-state index in [0.29, 0.717) is 41.3 Å². The summed E-state index contributed by atoms with van der Waals surface area (Å²) >= 11 is 2.98. The maximum atomic E-state index is 13.0. The summed E-state index contributed by atoms with van der Waals surface area (Å²) in [5.41, 5.74) is 2.15. The van der Waals surface area contributed by atoms with Crippen molar-refractivity contribution in [3.8, 4) is 22.8 Å². The van der Waals surface area contributed by atoms with Crippen LogP contribution in [0.3, 0.4) is 0 Å². The number of benzene rings is 1. The number of carbonyl (C=O) groups is 1. The molecule has 4 aromatic rings. The number of thioether (sulfide) groups is 1. The average Bonchev–Trinajstić information content (AvgIpc) is 3.54. The molecule has 0 spiro atoms. The minimum atomic E-state index is -0.0550. The minimum absolute atomic E-state index is 0.0155. The first-order chi connectivity index (χ1) is 17.5. The van der Waals surface area contributed by atoms with Gasteiger partial charge in [-0.25, -0.2) is 4.98 Å². The lowest BCUT2D eigenvalue weighted by Gasteiger charge is -2.34. The third-order valence-corrected chi connectivity index (χ3v) is 7.65. The van der Waals surface area contributed by atoms with E-state index in [1.807, 2.05) is 65.1 Å². The number of para-hydroxylation sites is 2. The number of nitrogens with zero attached hydrogens (tertiary/aromatic N) is 6. The lowest BCUT2D eigenvalue weighted by molar-refractivity contribution is -0.0587. The van der Waals surface area contributed by atoms with Gasteiger partial charge in [0, 0.05) is 36.4 Å². The second kappa shape index (κ2) is 10.8. The topological polar surface area (TPSA) is 95.3 Å². The molecule has 5 rings (SSSR count). The number of ether oxygens (including phenoxy) is 2. The van der Waals surface area contributed by atoms with E-state index >= 15 is 0 Å². The van der Waals surface area contributed by atoms with Crippen LogP contribution in [0.2, 0.25) is 0 Å². The molecule has 36 heavy (non-hydrogen) atoms. The number of methoxy groups -OCH3 is 1. The number of hydrogen-bond acceptors (Lipinski definition) is 9. The summed E-state index contributed by atoms with van der Waals surface area (Å²) in [6.07, 6.45) is 3.52. The van der Waals surface area contributed by atoms with Gasteiger partial charge in [-0.2, -0.15) is 0 Å². The third-order valence-electron chi connectivity index (χ3n) is 5.68. The molecule has 0 saturated carbocycles. The predicted octanol–water partition coefficient (Wildman–Crippen LogP) is 4.34. The molecule has 186 valence electrons. The molecule has 3 aromatic heterocycles. The fraction of sp³-hybridized carbons (Fsp3) is 0.320. The molecule has 2 atom stereocenters. The van der Waals surface area contributed by atoms with Crippen molar-refractivity contribution in [1.29, 1.82) is 0 Å². The highest BCUT2D eigenvalue weighted by molar-refractivity contribution is 7.98. The molecule has 0 aliphatic carbocycles. The number of morpholine rings is 1. The molecule has 1 aliphatic heterocycles. The number of hydrogen-bond donors (Lipinski definition) is 0. The fourth-order valence-electron chi connectivity index (χ4n) is 4.18. The third kappa shape index (κ3) is 5.13. The number of amides is 1. The van der Waals surface area contributed by atoms with Gasteiger partial charge in [0.2, 0.25) is 0 Å². The van der Waals surface area contributed by atoms with Crippen molar-refractivity contribution in [3.63, 3.8) is 0 Å². The van der Waals surface area contributed by atoms with Crippen molar-refractivity contribution >= 4 is 29.0 Å². The van der Waals surface area contributed by atoms with Gasteiger partial charge in [0.1, 0.15) is 16.5 Å². The van der Waals surface area contributed by atoms with Gasteiger partial charge < -0.3 is 14.4 Å². The Balaban J connectivity index is 1.39. The van der Waals surface area contributed by atoms with Crippen LogP contribution in [0, 0.1) is 0 Å². The summed E-state index contributed by atoms with van der Waals surface area (Å²) in [5.74, 6) is 1.87. The highest BCUT2D eigenvalue weighted by Crippen LogP contribution is 2.33. The maximum absolute atomic E-state index is 13.0. The highest BCUT2D eigenvalue weighted by Gasteiger charge is 2.28. The van der Waals surface area contributed by atoms with Crippen molar-refractivity contribution < 1.29 is 14.3 Å². The van der Waals surface area contributed by atoms with Gasteiger partial charge in [-0.05, 0) is 38.1 Å². The second-order valence-corrected chi connectivity index (χ2v) is 10.3. The van der Waals surface area contributed by atoms with E-state index in [1.165, 1.54) is 23.1 Å². The molecule has 1 amide bonds. The Hall–Kier alpha value is -3.28. The van der Waals surface area contributed by atoms with Gasteiger partial charge >= 0.3 is 0 Å². The molecule has 0 radical (unpaired) electrons. The van der Waals surface area contributed by atoms with Crippen molar-refractivity contribution in [2.75, 3.05) is 20.2 Å². The van der Waals surface area contributed by atoms with Crippen LogP contribution in [0.25, 0.3) is 17.1 Å². The molecule has 1 fully saturated rings. The number of thiazole rings is 1. The Labute approximate surface area is 217 Å². The van der Waals surface area contributed by atoms with Gasteiger partial charge in [0.25, 0.3) is 5.91 Å². The first-order valence-corrected chi connectivity index (χ1v) is 13.4. The average molecular weight is 523 g/mol. The molecule has 9 nitrogen and oxygen atoms in total. The molecule has 1 aliphatic rings. The van der Waals surface area contributed by atoms with E-state index in [4.69, 9.17) is 9.47 Å². The molecule has 2 unspecified atom stereocenters. The van der Waals surface area contributed by atoms with Crippen LogP contribution < -0.4 is 4.74 Å². The van der Waals surface area contributed by atoms with Crippen molar-refractivity contribution in [3.05, 3.63) is 64.9 Å². The summed E-state index contributed by atoms with van der Waals surface area (Å²) in [7, 11) is 1.64. The summed E-state index contributed by atoms with van der Waals surface area (Å²) in [6, 6.07) is 11.6. The number of pyridine rings is 1. The van der Waals surface area contributed by atoms with E-state index in [9.17, 15) is 4.79 Å². The molecule has 11 heteroatoms. The molecular formula is C25H26N6O3S2. The molecule has 0 bridgehead atoms. The predicted molar refractivity (Wildman–Crippen MR) is 139 cm³/mol. The van der Waals surface area contributed by atoms with Gasteiger partial charge in [-0.15, -0.1) is 21.5 Å². The van der Waals surface area contributed by atoms with Crippen LogP contribution in [0.5, 0.6) is 5.75 Å². The summed E-state index contributed by atoms with van der Waals surface area (Å²) in [5, 5.41) is 12.3. The van der Waals surface area contributed by atoms with Crippen LogP contribution in [0.1, 0.15) is 29.3 Å². The van der Waals surface area contributed by atoms with Crippen LogP contribution >= 0.6 is 23.1 Å². The van der Waals surface area contributed by atoms with E-state index in [1.54, 1.807) is 19.5 Å². The van der Waals surface area contributed by atoms with E-state index in [2.05, 4.69) is 20.2 Å². The van der Waals surface area contributed by atoms with Gasteiger partial charge in [-0.3, -0.25) is 14.3 Å². The zero-order valence-electron chi connectivity index (χ0n) is 20.2. The van der Waals surface area contributed by atoms with Gasteiger partial charge in [0.15, 0.2) is 11.0 Å². The standard InChI is InChI=1S/C25H26N6O3S2/c1-16-12-30(13-17(2)34-16)24(32)19-14-35-22(27-19)15-36-25-29-28-23(18-7-6-10-26-11-18)31(25)20-8-4-5-9-21(20)33-3/h4-11,14,16-17H,12-13,15H2,1-3H3. The normalized spacial score (nSPS) is 17.8.